The van der Waals surface area contributed by atoms with Gasteiger partial charge in [-0.05, 0) is 43.0 Å². The second kappa shape index (κ2) is 7.93. The van der Waals surface area contributed by atoms with E-state index in [1.54, 1.807) is 0 Å². The first-order chi connectivity index (χ1) is 13.6. The summed E-state index contributed by atoms with van der Waals surface area (Å²) in [6.07, 6.45) is 4.58. The number of hydrogen-bond acceptors (Lipinski definition) is 3. The second-order valence-electron chi connectivity index (χ2n) is 7.51. The predicted molar refractivity (Wildman–Crippen MR) is 112 cm³/mol. The van der Waals surface area contributed by atoms with Gasteiger partial charge in [0, 0.05) is 42.3 Å². The minimum absolute atomic E-state index is 0.257. The Hall–Kier alpha value is -3.01. The number of carbonyl (C=O) groups is 1. The van der Waals surface area contributed by atoms with E-state index >= 15 is 0 Å². The molecule has 2 heterocycles. The Kier molecular flexibility index (Phi) is 5.20. The monoisotopic (exact) mass is 374 g/mol. The molecule has 0 fully saturated rings. The highest BCUT2D eigenvalue weighted by molar-refractivity contribution is 5.92. The molecule has 1 aliphatic heterocycles. The molecular formula is C24H26N2O2. The average Bonchev–Trinajstić information content (AvgIpc) is 3.06. The third kappa shape index (κ3) is 3.81. The summed E-state index contributed by atoms with van der Waals surface area (Å²) >= 11 is 0. The summed E-state index contributed by atoms with van der Waals surface area (Å²) in [4.78, 5) is 18.4. The summed E-state index contributed by atoms with van der Waals surface area (Å²) in [5.74, 6) is -0.257. The average molecular weight is 374 g/mol. The lowest BCUT2D eigenvalue weighted by atomic mass is 10.00. The van der Waals surface area contributed by atoms with E-state index in [4.69, 9.17) is 4.74 Å². The number of ether oxygens (including phenoxy) is 1. The van der Waals surface area contributed by atoms with Gasteiger partial charge in [0.25, 0.3) is 0 Å². The first-order valence-corrected chi connectivity index (χ1v) is 9.81. The molecule has 0 atom stereocenters. The first kappa shape index (κ1) is 18.4. The molecule has 0 unspecified atom stereocenters. The molecule has 0 amide bonds. The van der Waals surface area contributed by atoms with Crippen molar-refractivity contribution < 1.29 is 9.53 Å². The van der Waals surface area contributed by atoms with Gasteiger partial charge in [0.05, 0.1) is 12.7 Å². The van der Waals surface area contributed by atoms with E-state index in [1.807, 2.05) is 12.3 Å². The van der Waals surface area contributed by atoms with E-state index in [1.165, 1.54) is 34.9 Å². The molecule has 0 saturated carbocycles. The summed E-state index contributed by atoms with van der Waals surface area (Å²) in [5.41, 5.74) is 6.75. The van der Waals surface area contributed by atoms with Gasteiger partial charge >= 0.3 is 5.97 Å². The predicted octanol–water partition coefficient (Wildman–Crippen LogP) is 4.52. The molecule has 0 saturated heterocycles. The fourth-order valence-electron chi connectivity index (χ4n) is 4.01. The fourth-order valence-corrected chi connectivity index (χ4v) is 4.01. The molecule has 2 aromatic carbocycles. The number of esters is 1. The van der Waals surface area contributed by atoms with Crippen molar-refractivity contribution in [3.63, 3.8) is 0 Å². The number of nitrogens with zero attached hydrogens (tertiary/aromatic N) is 1. The topological polar surface area (TPSA) is 45.3 Å². The van der Waals surface area contributed by atoms with Crippen LogP contribution < -0.4 is 0 Å². The molecule has 0 aliphatic carbocycles. The number of H-pyrrole nitrogens is 1. The van der Waals surface area contributed by atoms with Crippen LogP contribution in [0, 0.1) is 6.92 Å². The number of methoxy groups -OCH3 is 1. The summed E-state index contributed by atoms with van der Waals surface area (Å²) in [7, 11) is 1.46. The fraction of sp³-hybridized carbons (Fsp3) is 0.292. The van der Waals surface area contributed by atoms with E-state index in [0.29, 0.717) is 12.0 Å². The Morgan fingerprint density at radius 1 is 1.18 bits per heavy atom. The highest BCUT2D eigenvalue weighted by Crippen LogP contribution is 2.29. The van der Waals surface area contributed by atoms with Crippen molar-refractivity contribution in [2.24, 2.45) is 0 Å². The summed E-state index contributed by atoms with van der Waals surface area (Å²) in [6.45, 7) is 3.78. The van der Waals surface area contributed by atoms with Gasteiger partial charge in [-0.25, -0.2) is 4.79 Å². The number of aryl methyl sites for hydroxylation is 2. The number of aromatic nitrogens is 1. The molecule has 4 nitrogen and oxygen atoms in total. The Labute approximate surface area is 165 Å². The van der Waals surface area contributed by atoms with E-state index < -0.39 is 0 Å². The smallest absolute Gasteiger partial charge is 0.335 e. The molecule has 1 N–H and O–H groups in total. The van der Waals surface area contributed by atoms with E-state index in [-0.39, 0.29) is 5.97 Å². The van der Waals surface area contributed by atoms with Crippen molar-refractivity contribution in [2.45, 2.75) is 32.7 Å². The molecule has 0 spiro atoms. The molecule has 1 aromatic heterocycles. The van der Waals surface area contributed by atoms with Crippen molar-refractivity contribution in [3.05, 3.63) is 82.7 Å². The highest BCUT2D eigenvalue weighted by atomic mass is 16.5. The van der Waals surface area contributed by atoms with Crippen LogP contribution in [0.4, 0.5) is 0 Å². The van der Waals surface area contributed by atoms with Crippen LogP contribution in [0.1, 0.15) is 28.8 Å². The van der Waals surface area contributed by atoms with Crippen LogP contribution in [0.3, 0.4) is 0 Å². The quantitative estimate of drug-likeness (QED) is 0.686. The van der Waals surface area contributed by atoms with E-state index in [0.717, 1.165) is 31.4 Å². The minimum Gasteiger partial charge on any atom is -0.466 e. The van der Waals surface area contributed by atoms with Gasteiger partial charge in [-0.15, -0.1) is 0 Å². The molecule has 28 heavy (non-hydrogen) atoms. The molecule has 3 aromatic rings. The molecule has 0 bridgehead atoms. The van der Waals surface area contributed by atoms with Crippen LogP contribution in [-0.4, -0.2) is 29.5 Å². The Balaban J connectivity index is 1.73. The van der Waals surface area contributed by atoms with Crippen LogP contribution in [-0.2, 0) is 28.9 Å². The van der Waals surface area contributed by atoms with Crippen molar-refractivity contribution in [2.75, 3.05) is 13.7 Å². The SMILES string of the molecule is COC(=O)/C1=C/N(Cc2ccccc2)CCCc2[nH]c3ccc(C)cc3c2C1. The third-order valence-corrected chi connectivity index (χ3v) is 5.40. The van der Waals surface area contributed by atoms with Crippen LogP contribution in [0.15, 0.2) is 60.3 Å². The molecule has 4 rings (SSSR count). The van der Waals surface area contributed by atoms with Crippen molar-refractivity contribution >= 4 is 16.9 Å². The van der Waals surface area contributed by atoms with Crippen LogP contribution in [0.5, 0.6) is 0 Å². The molecular weight excluding hydrogens is 348 g/mol. The zero-order chi connectivity index (χ0) is 19.5. The molecule has 0 radical (unpaired) electrons. The first-order valence-electron chi connectivity index (χ1n) is 9.81. The van der Waals surface area contributed by atoms with Gasteiger partial charge in [0.1, 0.15) is 0 Å². The zero-order valence-corrected chi connectivity index (χ0v) is 16.5. The number of nitrogens with one attached hydrogen (secondary N) is 1. The van der Waals surface area contributed by atoms with E-state index in [2.05, 4.69) is 59.3 Å². The number of fused-ring (bicyclic) bond motifs is 3. The zero-order valence-electron chi connectivity index (χ0n) is 16.5. The standard InChI is InChI=1S/C24H26N2O2/c1-17-10-11-23-20(13-17)21-14-19(24(27)28-2)16-26(12-6-9-22(21)25-23)15-18-7-4-3-5-8-18/h3-5,7-8,10-11,13,16,25H,6,9,12,14-15H2,1-2H3/b19-16+. The van der Waals surface area contributed by atoms with Crippen molar-refractivity contribution in [1.82, 2.24) is 9.88 Å². The Morgan fingerprint density at radius 2 is 2.00 bits per heavy atom. The van der Waals surface area contributed by atoms with Crippen LogP contribution in [0.25, 0.3) is 10.9 Å². The summed E-state index contributed by atoms with van der Waals surface area (Å²) in [5, 5.41) is 1.21. The largest absolute Gasteiger partial charge is 0.466 e. The normalized spacial score (nSPS) is 16.5. The lowest BCUT2D eigenvalue weighted by Crippen LogP contribution is -2.21. The lowest BCUT2D eigenvalue weighted by molar-refractivity contribution is -0.136. The molecule has 144 valence electrons. The molecule has 1 aliphatic rings. The number of benzene rings is 2. The number of rotatable bonds is 3. The maximum absolute atomic E-state index is 12.5. The van der Waals surface area contributed by atoms with Crippen LogP contribution in [0.2, 0.25) is 0 Å². The van der Waals surface area contributed by atoms with Crippen molar-refractivity contribution in [1.29, 1.82) is 0 Å². The third-order valence-electron chi connectivity index (χ3n) is 5.40. The number of carbonyl (C=O) groups excluding carboxylic acids is 1. The molecule has 4 heteroatoms. The Bertz CT molecular complexity index is 1020. The number of aromatic amines is 1. The number of hydrogen-bond donors (Lipinski definition) is 1. The van der Waals surface area contributed by atoms with Gasteiger partial charge in [0.2, 0.25) is 0 Å². The van der Waals surface area contributed by atoms with Gasteiger partial charge in [-0.1, -0.05) is 42.0 Å². The maximum Gasteiger partial charge on any atom is 0.335 e. The highest BCUT2D eigenvalue weighted by Gasteiger charge is 2.20. The van der Waals surface area contributed by atoms with Gasteiger partial charge in [-0.2, -0.15) is 0 Å². The van der Waals surface area contributed by atoms with Gasteiger partial charge < -0.3 is 14.6 Å². The lowest BCUT2D eigenvalue weighted by Gasteiger charge is -2.21. The van der Waals surface area contributed by atoms with Crippen molar-refractivity contribution in [3.8, 4) is 0 Å². The minimum atomic E-state index is -0.257. The maximum atomic E-state index is 12.5. The Morgan fingerprint density at radius 3 is 2.79 bits per heavy atom. The summed E-state index contributed by atoms with van der Waals surface area (Å²) < 4.78 is 5.11. The van der Waals surface area contributed by atoms with E-state index in [9.17, 15) is 4.79 Å². The second-order valence-corrected chi connectivity index (χ2v) is 7.51. The summed E-state index contributed by atoms with van der Waals surface area (Å²) in [6, 6.07) is 16.8. The van der Waals surface area contributed by atoms with Gasteiger partial charge in [-0.3, -0.25) is 0 Å². The van der Waals surface area contributed by atoms with Crippen LogP contribution >= 0.6 is 0 Å². The van der Waals surface area contributed by atoms with Gasteiger partial charge in [0.15, 0.2) is 0 Å².